The Kier molecular flexibility index (Phi) is 4.93. The smallest absolute Gasteiger partial charge is 0.127 e. The third kappa shape index (κ3) is 3.16. The zero-order valence-electron chi connectivity index (χ0n) is 16.7. The molecule has 0 aliphatic carbocycles. The van der Waals surface area contributed by atoms with Gasteiger partial charge >= 0.3 is 0 Å². The predicted octanol–water partition coefficient (Wildman–Crippen LogP) is 4.43. The average molecular weight is 354 g/mol. The van der Waals surface area contributed by atoms with Crippen LogP contribution in [0.5, 0.6) is 0 Å². The molecule has 0 aromatic carbocycles. The maximum atomic E-state index is 4.49. The average Bonchev–Trinajstić information content (AvgIpc) is 2.74. The first-order chi connectivity index (χ1) is 12.2. The molecule has 2 atom stereocenters. The van der Waals surface area contributed by atoms with Crippen molar-refractivity contribution in [3.05, 3.63) is 48.8 Å². The summed E-state index contributed by atoms with van der Waals surface area (Å²) in [5.74, 6) is 1.82. The molecule has 1 saturated heterocycles. The van der Waals surface area contributed by atoms with Crippen molar-refractivity contribution < 1.29 is 0 Å². The van der Waals surface area contributed by atoms with Crippen LogP contribution in [-0.2, 0) is 0 Å². The summed E-state index contributed by atoms with van der Waals surface area (Å²) in [6.45, 7) is 13.8. The molecule has 0 bridgehead atoms. The number of aromatic nitrogens is 2. The topological polar surface area (TPSA) is 53.1 Å². The third-order valence-corrected chi connectivity index (χ3v) is 6.12. The quantitative estimate of drug-likeness (QED) is 0.833. The summed E-state index contributed by atoms with van der Waals surface area (Å²) in [4.78, 5) is 11.5. The second kappa shape index (κ2) is 6.88. The van der Waals surface area contributed by atoms with Crippen molar-refractivity contribution in [2.75, 3.05) is 10.6 Å². The van der Waals surface area contributed by atoms with Crippen LogP contribution in [0.15, 0.2) is 48.8 Å². The summed E-state index contributed by atoms with van der Waals surface area (Å²) in [5, 5.41) is 7.38. The molecule has 2 aromatic rings. The number of hydrogen-bond donors (Lipinski definition) is 2. The highest BCUT2D eigenvalue weighted by Gasteiger charge is 2.60. The number of pyridine rings is 2. The second-order valence-corrected chi connectivity index (χ2v) is 8.51. The van der Waals surface area contributed by atoms with Crippen LogP contribution >= 0.6 is 0 Å². The number of hydrogen-bond acceptors (Lipinski definition) is 5. The van der Waals surface area contributed by atoms with Gasteiger partial charge in [0.05, 0.1) is 12.3 Å². The van der Waals surface area contributed by atoms with E-state index in [0.717, 1.165) is 11.6 Å². The molecule has 1 fully saturated rings. The van der Waals surface area contributed by atoms with Gasteiger partial charge in [0.1, 0.15) is 11.6 Å². The van der Waals surface area contributed by atoms with Crippen molar-refractivity contribution in [1.29, 1.82) is 0 Å². The zero-order valence-corrected chi connectivity index (χ0v) is 16.7. The SMILES string of the molecule is CC(C)N1C(Nc2ccccn2)C(C)(C)C(C)(C)C1Nc1ccccn1. The predicted molar refractivity (Wildman–Crippen MR) is 108 cm³/mol. The number of nitrogens with one attached hydrogen (secondary N) is 2. The lowest BCUT2D eigenvalue weighted by atomic mass is 9.67. The molecule has 0 amide bonds. The molecule has 2 N–H and O–H groups in total. The minimum Gasteiger partial charge on any atom is -0.354 e. The maximum absolute atomic E-state index is 4.49. The van der Waals surface area contributed by atoms with Crippen molar-refractivity contribution >= 4 is 11.6 Å². The van der Waals surface area contributed by atoms with E-state index < -0.39 is 0 Å². The third-order valence-electron chi connectivity index (χ3n) is 6.12. The van der Waals surface area contributed by atoms with Crippen LogP contribution in [0.3, 0.4) is 0 Å². The van der Waals surface area contributed by atoms with Gasteiger partial charge in [0.25, 0.3) is 0 Å². The molecule has 3 rings (SSSR count). The van der Waals surface area contributed by atoms with Crippen LogP contribution in [0.4, 0.5) is 11.6 Å². The summed E-state index contributed by atoms with van der Waals surface area (Å²) in [7, 11) is 0. The molecule has 1 aliphatic heterocycles. The van der Waals surface area contributed by atoms with Gasteiger partial charge in [0.2, 0.25) is 0 Å². The molecule has 5 heteroatoms. The molecule has 2 unspecified atom stereocenters. The second-order valence-electron chi connectivity index (χ2n) is 8.51. The molecule has 5 nitrogen and oxygen atoms in total. The fraction of sp³-hybridized carbons (Fsp3) is 0.524. The minimum absolute atomic E-state index is 0.00123. The van der Waals surface area contributed by atoms with Gasteiger partial charge < -0.3 is 10.6 Å². The molecule has 140 valence electrons. The Morgan fingerprint density at radius 3 is 1.54 bits per heavy atom. The zero-order chi connectivity index (χ0) is 18.9. The van der Waals surface area contributed by atoms with E-state index in [1.54, 1.807) is 0 Å². The Labute approximate surface area is 157 Å². The van der Waals surface area contributed by atoms with Crippen LogP contribution in [0, 0.1) is 10.8 Å². The standard InChI is InChI=1S/C21H31N5/c1-15(2)26-18(24-16-11-7-9-13-22-16)20(3,4)21(5,6)19(26)25-17-12-8-10-14-23-17/h7-15,18-19H,1-6H3,(H,22,24)(H,23,25). The normalized spacial score (nSPS) is 24.6. The lowest BCUT2D eigenvalue weighted by molar-refractivity contribution is 0.136. The van der Waals surface area contributed by atoms with Gasteiger partial charge in [-0.2, -0.15) is 0 Å². The van der Waals surface area contributed by atoms with Crippen LogP contribution in [0.2, 0.25) is 0 Å². The van der Waals surface area contributed by atoms with Gasteiger partial charge in [-0.15, -0.1) is 0 Å². The highest BCUT2D eigenvalue weighted by Crippen LogP contribution is 2.54. The largest absolute Gasteiger partial charge is 0.354 e. The Balaban J connectivity index is 1.98. The van der Waals surface area contributed by atoms with Gasteiger partial charge in [-0.3, -0.25) is 4.90 Å². The molecule has 26 heavy (non-hydrogen) atoms. The van der Waals surface area contributed by atoms with E-state index >= 15 is 0 Å². The molecular formula is C21H31N5. The van der Waals surface area contributed by atoms with E-state index in [1.807, 2.05) is 48.8 Å². The van der Waals surface area contributed by atoms with Crippen molar-refractivity contribution in [2.45, 2.75) is 59.9 Å². The Morgan fingerprint density at radius 2 is 1.23 bits per heavy atom. The van der Waals surface area contributed by atoms with Gasteiger partial charge in [0.15, 0.2) is 0 Å². The van der Waals surface area contributed by atoms with E-state index in [0.29, 0.717) is 6.04 Å². The molecule has 3 heterocycles. The minimum atomic E-state index is 0.00123. The monoisotopic (exact) mass is 353 g/mol. The molecule has 2 aromatic heterocycles. The molecule has 1 aliphatic rings. The van der Waals surface area contributed by atoms with E-state index in [4.69, 9.17) is 0 Å². The lowest BCUT2D eigenvalue weighted by Gasteiger charge is -2.40. The first-order valence-corrected chi connectivity index (χ1v) is 9.37. The fourth-order valence-electron chi connectivity index (χ4n) is 3.88. The summed E-state index contributed by atoms with van der Waals surface area (Å²) in [6.07, 6.45) is 3.96. The van der Waals surface area contributed by atoms with Crippen LogP contribution < -0.4 is 10.6 Å². The van der Waals surface area contributed by atoms with E-state index in [1.165, 1.54) is 0 Å². The Morgan fingerprint density at radius 1 is 0.808 bits per heavy atom. The molecule has 0 saturated carbocycles. The summed E-state index contributed by atoms with van der Waals surface area (Å²) >= 11 is 0. The number of likely N-dealkylation sites (tertiary alicyclic amines) is 1. The van der Waals surface area contributed by atoms with Gasteiger partial charge in [-0.05, 0) is 38.1 Å². The number of anilines is 2. The highest BCUT2D eigenvalue weighted by molar-refractivity contribution is 5.40. The van der Waals surface area contributed by atoms with Crippen molar-refractivity contribution in [3.8, 4) is 0 Å². The van der Waals surface area contributed by atoms with E-state index in [2.05, 4.69) is 67.0 Å². The molecule has 0 spiro atoms. The van der Waals surface area contributed by atoms with Gasteiger partial charge in [-0.1, -0.05) is 39.8 Å². The van der Waals surface area contributed by atoms with E-state index in [9.17, 15) is 0 Å². The van der Waals surface area contributed by atoms with Crippen molar-refractivity contribution in [3.63, 3.8) is 0 Å². The Hall–Kier alpha value is -2.14. The highest BCUT2D eigenvalue weighted by atomic mass is 15.4. The van der Waals surface area contributed by atoms with E-state index in [-0.39, 0.29) is 23.2 Å². The number of nitrogens with zero attached hydrogens (tertiary/aromatic N) is 3. The molecular weight excluding hydrogens is 322 g/mol. The van der Waals surface area contributed by atoms with Crippen LogP contribution in [-0.4, -0.2) is 33.2 Å². The maximum Gasteiger partial charge on any atom is 0.127 e. The van der Waals surface area contributed by atoms with Crippen LogP contribution in [0.25, 0.3) is 0 Å². The van der Waals surface area contributed by atoms with Crippen molar-refractivity contribution in [2.24, 2.45) is 10.8 Å². The summed E-state index contributed by atoms with van der Waals surface area (Å²) < 4.78 is 0. The molecule has 0 radical (unpaired) electrons. The van der Waals surface area contributed by atoms with Crippen molar-refractivity contribution in [1.82, 2.24) is 14.9 Å². The Bertz CT molecular complexity index is 652. The number of rotatable bonds is 5. The summed E-state index contributed by atoms with van der Waals surface area (Å²) in [5.41, 5.74) is 0.00246. The van der Waals surface area contributed by atoms with Gasteiger partial charge in [-0.25, -0.2) is 9.97 Å². The summed E-state index contributed by atoms with van der Waals surface area (Å²) in [6, 6.07) is 12.3. The first-order valence-electron chi connectivity index (χ1n) is 9.37. The fourth-order valence-corrected chi connectivity index (χ4v) is 3.88. The first kappa shape index (κ1) is 18.6. The lowest BCUT2D eigenvalue weighted by Crippen LogP contribution is -2.51. The van der Waals surface area contributed by atoms with Crippen LogP contribution in [0.1, 0.15) is 41.5 Å². The van der Waals surface area contributed by atoms with Gasteiger partial charge in [0, 0.05) is 29.3 Å².